The van der Waals surface area contributed by atoms with E-state index in [9.17, 15) is 13.2 Å². The highest BCUT2D eigenvalue weighted by Crippen LogP contribution is 2.33. The zero-order valence-corrected chi connectivity index (χ0v) is 15.7. The fraction of sp³-hybridized carbons (Fsp3) is 0.368. The van der Waals surface area contributed by atoms with E-state index in [0.29, 0.717) is 29.0 Å². The molecule has 3 aromatic rings. The summed E-state index contributed by atoms with van der Waals surface area (Å²) in [6.45, 7) is 5.89. The minimum Gasteiger partial charge on any atom is -0.494 e. The summed E-state index contributed by atoms with van der Waals surface area (Å²) in [6, 6.07) is 7.34. The van der Waals surface area contributed by atoms with Crippen molar-refractivity contribution in [2.75, 3.05) is 6.61 Å². The number of ether oxygens (including phenoxy) is 1. The minimum atomic E-state index is -4.67. The van der Waals surface area contributed by atoms with Crippen LogP contribution in [0.15, 0.2) is 28.8 Å². The van der Waals surface area contributed by atoms with Gasteiger partial charge in [-0.25, -0.2) is 0 Å². The van der Waals surface area contributed by atoms with Gasteiger partial charge in [-0.3, -0.25) is 0 Å². The average molecular weight is 392 g/mol. The van der Waals surface area contributed by atoms with Gasteiger partial charge in [-0.1, -0.05) is 5.16 Å². The molecule has 2 aromatic heterocycles. The smallest absolute Gasteiger partial charge is 0.471 e. The fourth-order valence-corrected chi connectivity index (χ4v) is 2.80. The number of benzene rings is 1. The Hall–Kier alpha value is -2.97. The van der Waals surface area contributed by atoms with E-state index in [1.54, 1.807) is 26.0 Å². The Morgan fingerprint density at radius 2 is 1.75 bits per heavy atom. The van der Waals surface area contributed by atoms with Crippen LogP contribution in [0.5, 0.6) is 5.75 Å². The van der Waals surface area contributed by atoms with Crippen molar-refractivity contribution in [3.63, 3.8) is 0 Å². The molecule has 6 nitrogen and oxygen atoms in total. The van der Waals surface area contributed by atoms with Crippen LogP contribution in [0.4, 0.5) is 13.2 Å². The Balaban J connectivity index is 1.64. The number of rotatable bonds is 6. The summed E-state index contributed by atoms with van der Waals surface area (Å²) in [7, 11) is 0. The standard InChI is InChI=1S/C19H19F3N4O2/c1-11-9-15(27-8-4-5-14-7-6-13(3)24-25-14)10-12(2)16(11)17-23-18(28-26-17)19(20,21)22/h6-7,9-10H,4-5,8H2,1-3H3. The van der Waals surface area contributed by atoms with Gasteiger partial charge in [0.15, 0.2) is 0 Å². The molecule has 148 valence electrons. The maximum atomic E-state index is 12.7. The van der Waals surface area contributed by atoms with E-state index in [4.69, 9.17) is 4.74 Å². The lowest BCUT2D eigenvalue weighted by Gasteiger charge is -2.11. The lowest BCUT2D eigenvalue weighted by atomic mass is 10.0. The summed E-state index contributed by atoms with van der Waals surface area (Å²) in [4.78, 5) is 3.46. The molecule has 2 heterocycles. The molecule has 0 amide bonds. The van der Waals surface area contributed by atoms with E-state index in [-0.39, 0.29) is 5.82 Å². The van der Waals surface area contributed by atoms with Gasteiger partial charge in [0, 0.05) is 5.56 Å². The number of aromatic nitrogens is 4. The van der Waals surface area contributed by atoms with E-state index in [1.165, 1.54) is 0 Å². The molecule has 0 N–H and O–H groups in total. The van der Waals surface area contributed by atoms with Crippen LogP contribution in [0.25, 0.3) is 11.4 Å². The minimum absolute atomic E-state index is 0.0909. The predicted molar refractivity (Wildman–Crippen MR) is 94.8 cm³/mol. The lowest BCUT2D eigenvalue weighted by molar-refractivity contribution is -0.159. The number of nitrogens with zero attached hydrogens (tertiary/aromatic N) is 4. The third-order valence-corrected chi connectivity index (χ3v) is 4.10. The average Bonchev–Trinajstić information content (AvgIpc) is 3.10. The maximum Gasteiger partial charge on any atom is 0.471 e. The number of alkyl halides is 3. The quantitative estimate of drug-likeness (QED) is 0.576. The second kappa shape index (κ2) is 7.95. The molecular formula is C19H19F3N4O2. The highest BCUT2D eigenvalue weighted by molar-refractivity contribution is 5.65. The summed E-state index contributed by atoms with van der Waals surface area (Å²) in [6.07, 6.45) is -3.16. The molecule has 3 rings (SSSR count). The zero-order valence-electron chi connectivity index (χ0n) is 15.7. The monoisotopic (exact) mass is 392 g/mol. The zero-order chi connectivity index (χ0) is 20.3. The molecule has 0 atom stereocenters. The van der Waals surface area contributed by atoms with Crippen LogP contribution in [-0.2, 0) is 12.6 Å². The number of halogens is 3. The molecule has 0 saturated carbocycles. The van der Waals surface area contributed by atoms with Crippen LogP contribution in [0.3, 0.4) is 0 Å². The molecular weight excluding hydrogens is 373 g/mol. The summed E-state index contributed by atoms with van der Waals surface area (Å²) in [5, 5.41) is 11.6. The van der Waals surface area contributed by atoms with E-state index in [1.807, 2.05) is 19.1 Å². The molecule has 0 unspecified atom stereocenters. The van der Waals surface area contributed by atoms with Gasteiger partial charge in [-0.2, -0.15) is 28.4 Å². The highest BCUT2D eigenvalue weighted by atomic mass is 19.4. The molecule has 0 saturated heterocycles. The molecule has 1 aromatic carbocycles. The van der Waals surface area contributed by atoms with Gasteiger partial charge in [-0.05, 0) is 69.0 Å². The van der Waals surface area contributed by atoms with Crippen LogP contribution >= 0.6 is 0 Å². The molecule has 9 heteroatoms. The van der Waals surface area contributed by atoms with E-state index < -0.39 is 12.1 Å². The Labute approximate surface area is 159 Å². The van der Waals surface area contributed by atoms with Crippen LogP contribution in [0.1, 0.15) is 34.8 Å². The summed E-state index contributed by atoms with van der Waals surface area (Å²) in [5.41, 5.74) is 3.67. The second-order valence-corrected chi connectivity index (χ2v) is 6.47. The normalized spacial score (nSPS) is 11.6. The van der Waals surface area contributed by atoms with Gasteiger partial charge < -0.3 is 9.26 Å². The predicted octanol–water partition coefficient (Wildman–Crippen LogP) is 4.48. The first-order chi connectivity index (χ1) is 13.2. The maximum absolute atomic E-state index is 12.7. The highest BCUT2D eigenvalue weighted by Gasteiger charge is 2.38. The molecule has 0 radical (unpaired) electrons. The first-order valence-electron chi connectivity index (χ1n) is 8.68. The van der Waals surface area contributed by atoms with Gasteiger partial charge in [0.1, 0.15) is 5.75 Å². The summed E-state index contributed by atoms with van der Waals surface area (Å²) >= 11 is 0. The molecule has 0 aliphatic carbocycles. The summed E-state index contributed by atoms with van der Waals surface area (Å²) in [5.74, 6) is -0.819. The first-order valence-corrected chi connectivity index (χ1v) is 8.68. The van der Waals surface area contributed by atoms with Gasteiger partial charge >= 0.3 is 12.1 Å². The Bertz CT molecular complexity index is 930. The van der Waals surface area contributed by atoms with E-state index in [0.717, 1.165) is 24.2 Å². The van der Waals surface area contributed by atoms with Crippen molar-refractivity contribution in [1.29, 1.82) is 0 Å². The van der Waals surface area contributed by atoms with Gasteiger partial charge in [0.25, 0.3) is 0 Å². The van der Waals surface area contributed by atoms with Crippen LogP contribution in [0, 0.1) is 20.8 Å². The first kappa shape index (κ1) is 19.8. The third-order valence-electron chi connectivity index (χ3n) is 4.10. The van der Waals surface area contributed by atoms with Crippen LogP contribution in [-0.4, -0.2) is 26.9 Å². The SMILES string of the molecule is Cc1ccc(CCCOc2cc(C)c(-c3noc(C(F)(F)F)n3)c(C)c2)nn1. The van der Waals surface area contributed by atoms with E-state index >= 15 is 0 Å². The Morgan fingerprint density at radius 3 is 2.32 bits per heavy atom. The Morgan fingerprint density at radius 1 is 1.04 bits per heavy atom. The van der Waals surface area contributed by atoms with Gasteiger partial charge in [0.2, 0.25) is 5.82 Å². The number of hydrogen-bond donors (Lipinski definition) is 0. The third kappa shape index (κ3) is 4.65. The van der Waals surface area contributed by atoms with Gasteiger partial charge in [-0.15, -0.1) is 0 Å². The van der Waals surface area contributed by atoms with Crippen molar-refractivity contribution in [3.8, 4) is 17.1 Å². The molecule has 0 bridgehead atoms. The van der Waals surface area contributed by atoms with E-state index in [2.05, 4.69) is 24.9 Å². The molecule has 0 aliphatic rings. The van der Waals surface area contributed by atoms with Crippen molar-refractivity contribution in [2.45, 2.75) is 39.8 Å². The Kier molecular flexibility index (Phi) is 5.62. The topological polar surface area (TPSA) is 73.9 Å². The fourth-order valence-electron chi connectivity index (χ4n) is 2.80. The van der Waals surface area contributed by atoms with Crippen LogP contribution in [0.2, 0.25) is 0 Å². The molecule has 0 aliphatic heterocycles. The number of hydrogen-bond acceptors (Lipinski definition) is 6. The molecule has 28 heavy (non-hydrogen) atoms. The largest absolute Gasteiger partial charge is 0.494 e. The summed E-state index contributed by atoms with van der Waals surface area (Å²) < 4.78 is 48.1. The molecule has 0 spiro atoms. The molecule has 0 fully saturated rings. The van der Waals surface area contributed by atoms with Crippen molar-refractivity contribution >= 4 is 0 Å². The van der Waals surface area contributed by atoms with Crippen LogP contribution < -0.4 is 4.74 Å². The van der Waals surface area contributed by atoms with Crippen molar-refractivity contribution in [1.82, 2.24) is 20.3 Å². The van der Waals surface area contributed by atoms with Crippen molar-refractivity contribution in [2.24, 2.45) is 0 Å². The van der Waals surface area contributed by atoms with Crippen molar-refractivity contribution in [3.05, 3.63) is 52.7 Å². The van der Waals surface area contributed by atoms with Crippen molar-refractivity contribution < 1.29 is 22.4 Å². The van der Waals surface area contributed by atoms with Gasteiger partial charge in [0.05, 0.1) is 18.0 Å². The second-order valence-electron chi connectivity index (χ2n) is 6.47. The number of aryl methyl sites for hydroxylation is 4. The lowest BCUT2D eigenvalue weighted by Crippen LogP contribution is -2.05.